The average Bonchev–Trinajstić information content (AvgIpc) is 2.47. The van der Waals surface area contributed by atoms with Gasteiger partial charge in [-0.15, -0.1) is 0 Å². The van der Waals surface area contributed by atoms with Crippen molar-refractivity contribution in [2.75, 3.05) is 5.32 Å². The lowest BCUT2D eigenvalue weighted by atomic mass is 10.1. The number of primary amides is 1. The number of nitro benzene ring substituents is 1. The minimum Gasteiger partial charge on any atom is -0.379 e. The van der Waals surface area contributed by atoms with Crippen LogP contribution in [-0.2, 0) is 0 Å². The van der Waals surface area contributed by atoms with Crippen LogP contribution < -0.4 is 11.1 Å². The van der Waals surface area contributed by atoms with Crippen LogP contribution >= 0.6 is 0 Å². The highest BCUT2D eigenvalue weighted by molar-refractivity contribution is 5.93. The fraction of sp³-hybridized carbons (Fsp3) is 0.133. The highest BCUT2D eigenvalue weighted by Crippen LogP contribution is 2.21. The highest BCUT2D eigenvalue weighted by atomic mass is 16.6. The second-order valence-corrected chi connectivity index (χ2v) is 4.66. The van der Waals surface area contributed by atoms with Crippen LogP contribution in [0.5, 0.6) is 0 Å². The molecule has 0 aliphatic carbocycles. The number of non-ortho nitro benzene ring substituents is 1. The van der Waals surface area contributed by atoms with Crippen molar-refractivity contribution in [3.63, 3.8) is 0 Å². The summed E-state index contributed by atoms with van der Waals surface area (Å²) in [4.78, 5) is 21.2. The third-order valence-electron chi connectivity index (χ3n) is 3.16. The largest absolute Gasteiger partial charge is 0.379 e. The molecule has 1 unspecified atom stereocenters. The first-order valence-electron chi connectivity index (χ1n) is 6.38. The van der Waals surface area contributed by atoms with Gasteiger partial charge in [-0.2, -0.15) is 0 Å². The van der Waals surface area contributed by atoms with Gasteiger partial charge in [0.1, 0.15) is 0 Å². The van der Waals surface area contributed by atoms with Gasteiger partial charge in [-0.1, -0.05) is 12.1 Å². The molecule has 3 N–H and O–H groups in total. The number of hydrogen-bond donors (Lipinski definition) is 2. The molecule has 1 atom stereocenters. The van der Waals surface area contributed by atoms with Gasteiger partial charge in [0, 0.05) is 29.4 Å². The van der Waals surface area contributed by atoms with Crippen LogP contribution in [0.4, 0.5) is 11.4 Å². The second kappa shape index (κ2) is 6.04. The first kappa shape index (κ1) is 14.5. The maximum absolute atomic E-state index is 11.0. The molecule has 0 fully saturated rings. The number of nitro groups is 1. The number of carbonyl (C=O) groups is 1. The van der Waals surface area contributed by atoms with E-state index in [-0.39, 0.29) is 11.7 Å². The van der Waals surface area contributed by atoms with Gasteiger partial charge in [0.25, 0.3) is 5.69 Å². The third-order valence-corrected chi connectivity index (χ3v) is 3.16. The van der Waals surface area contributed by atoms with Crippen LogP contribution in [-0.4, -0.2) is 10.8 Å². The van der Waals surface area contributed by atoms with Gasteiger partial charge in [-0.3, -0.25) is 14.9 Å². The summed E-state index contributed by atoms with van der Waals surface area (Å²) in [5.41, 5.74) is 7.46. The lowest BCUT2D eigenvalue weighted by molar-refractivity contribution is -0.384. The molecule has 0 aliphatic rings. The first-order valence-corrected chi connectivity index (χ1v) is 6.38. The quantitative estimate of drug-likeness (QED) is 0.651. The van der Waals surface area contributed by atoms with Crippen LogP contribution in [0.1, 0.15) is 28.9 Å². The molecule has 0 radical (unpaired) electrons. The molecule has 1 amide bonds. The van der Waals surface area contributed by atoms with E-state index in [1.54, 1.807) is 36.4 Å². The number of benzene rings is 2. The van der Waals surface area contributed by atoms with Crippen molar-refractivity contribution in [2.45, 2.75) is 13.0 Å². The number of amides is 1. The summed E-state index contributed by atoms with van der Waals surface area (Å²) in [6.45, 7) is 1.95. The van der Waals surface area contributed by atoms with Gasteiger partial charge in [-0.25, -0.2) is 0 Å². The van der Waals surface area contributed by atoms with Crippen molar-refractivity contribution < 1.29 is 9.72 Å². The molecule has 2 aromatic rings. The van der Waals surface area contributed by atoms with Gasteiger partial charge in [0.15, 0.2) is 0 Å². The summed E-state index contributed by atoms with van der Waals surface area (Å²) in [6, 6.07) is 13.2. The predicted octanol–water partition coefficient (Wildman–Crippen LogP) is 2.87. The fourth-order valence-electron chi connectivity index (χ4n) is 1.95. The molecule has 6 nitrogen and oxygen atoms in total. The fourth-order valence-corrected chi connectivity index (χ4v) is 1.95. The zero-order valence-corrected chi connectivity index (χ0v) is 11.4. The molecular weight excluding hydrogens is 270 g/mol. The van der Waals surface area contributed by atoms with E-state index < -0.39 is 10.8 Å². The lowest BCUT2D eigenvalue weighted by Crippen LogP contribution is -2.11. The molecule has 0 saturated heterocycles. The van der Waals surface area contributed by atoms with E-state index in [1.807, 2.05) is 6.92 Å². The van der Waals surface area contributed by atoms with Crippen molar-refractivity contribution in [3.8, 4) is 0 Å². The molecule has 0 aliphatic heterocycles. The number of nitrogens with one attached hydrogen (secondary N) is 1. The number of nitrogens with zero attached hydrogens (tertiary/aromatic N) is 1. The summed E-state index contributed by atoms with van der Waals surface area (Å²) in [6.07, 6.45) is 0. The van der Waals surface area contributed by atoms with Crippen LogP contribution in [0, 0.1) is 10.1 Å². The molecule has 0 saturated carbocycles. The molecule has 0 heterocycles. The minimum absolute atomic E-state index is 0.0229. The maximum atomic E-state index is 11.0. The third kappa shape index (κ3) is 3.56. The minimum atomic E-state index is -0.468. The molecular formula is C15H15N3O3. The smallest absolute Gasteiger partial charge is 0.269 e. The Morgan fingerprint density at radius 1 is 1.14 bits per heavy atom. The summed E-state index contributed by atoms with van der Waals surface area (Å²) in [7, 11) is 0. The van der Waals surface area contributed by atoms with E-state index in [0.717, 1.165) is 11.3 Å². The predicted molar refractivity (Wildman–Crippen MR) is 80.1 cm³/mol. The first-order chi connectivity index (χ1) is 9.97. The van der Waals surface area contributed by atoms with Crippen molar-refractivity contribution in [1.82, 2.24) is 0 Å². The van der Waals surface area contributed by atoms with Gasteiger partial charge < -0.3 is 11.1 Å². The molecule has 108 valence electrons. The van der Waals surface area contributed by atoms with Crippen molar-refractivity contribution in [3.05, 3.63) is 69.8 Å². The Morgan fingerprint density at radius 2 is 1.71 bits per heavy atom. The summed E-state index contributed by atoms with van der Waals surface area (Å²) < 4.78 is 0. The Kier molecular flexibility index (Phi) is 4.18. The Bertz CT molecular complexity index is 651. The number of nitrogens with two attached hydrogens (primary N) is 1. The second-order valence-electron chi connectivity index (χ2n) is 4.66. The molecule has 2 rings (SSSR count). The van der Waals surface area contributed by atoms with Crippen molar-refractivity contribution in [2.24, 2.45) is 5.73 Å². The van der Waals surface area contributed by atoms with E-state index in [4.69, 9.17) is 5.73 Å². The molecule has 2 aromatic carbocycles. The number of hydrogen-bond acceptors (Lipinski definition) is 4. The molecule has 0 aromatic heterocycles. The van der Waals surface area contributed by atoms with E-state index >= 15 is 0 Å². The van der Waals surface area contributed by atoms with Gasteiger partial charge in [-0.05, 0) is 36.8 Å². The van der Waals surface area contributed by atoms with Crippen LogP contribution in [0.2, 0.25) is 0 Å². The van der Waals surface area contributed by atoms with Crippen molar-refractivity contribution in [1.29, 1.82) is 0 Å². The highest BCUT2D eigenvalue weighted by Gasteiger charge is 2.09. The Labute approximate surface area is 121 Å². The van der Waals surface area contributed by atoms with Gasteiger partial charge in [0.05, 0.1) is 4.92 Å². The van der Waals surface area contributed by atoms with Gasteiger partial charge >= 0.3 is 0 Å². The molecule has 21 heavy (non-hydrogen) atoms. The molecule has 0 bridgehead atoms. The van der Waals surface area contributed by atoms with E-state index in [1.165, 1.54) is 12.1 Å². The normalized spacial score (nSPS) is 11.7. The zero-order valence-electron chi connectivity index (χ0n) is 11.4. The SMILES string of the molecule is CC(Nc1ccc(C(N)=O)cc1)c1ccc([N+](=O)[O-])cc1. The van der Waals surface area contributed by atoms with Crippen LogP contribution in [0.15, 0.2) is 48.5 Å². The topological polar surface area (TPSA) is 98.3 Å². The Hall–Kier alpha value is -2.89. The van der Waals surface area contributed by atoms with E-state index in [2.05, 4.69) is 5.32 Å². The summed E-state index contributed by atoms with van der Waals surface area (Å²) >= 11 is 0. The van der Waals surface area contributed by atoms with E-state index in [0.29, 0.717) is 5.56 Å². The Morgan fingerprint density at radius 3 is 2.19 bits per heavy atom. The molecule has 6 heteroatoms. The average molecular weight is 285 g/mol. The summed E-state index contributed by atoms with van der Waals surface area (Å²) in [5, 5.41) is 13.9. The van der Waals surface area contributed by atoms with Crippen LogP contribution in [0.3, 0.4) is 0 Å². The number of anilines is 1. The number of carbonyl (C=O) groups excluding carboxylic acids is 1. The zero-order chi connectivity index (χ0) is 15.4. The van der Waals surface area contributed by atoms with Crippen molar-refractivity contribution >= 4 is 17.3 Å². The summed E-state index contributed by atoms with van der Waals surface area (Å²) in [5.74, 6) is -0.468. The van der Waals surface area contributed by atoms with E-state index in [9.17, 15) is 14.9 Å². The standard InChI is InChI=1S/C15H15N3O3/c1-10(11-4-8-14(9-5-11)18(20)21)17-13-6-2-12(3-7-13)15(16)19/h2-10,17H,1H3,(H2,16,19). The van der Waals surface area contributed by atoms with Crippen LogP contribution in [0.25, 0.3) is 0 Å². The monoisotopic (exact) mass is 285 g/mol. The maximum Gasteiger partial charge on any atom is 0.269 e. The lowest BCUT2D eigenvalue weighted by Gasteiger charge is -2.15. The molecule has 0 spiro atoms. The Balaban J connectivity index is 2.08. The van der Waals surface area contributed by atoms with Gasteiger partial charge in [0.2, 0.25) is 5.91 Å². The number of rotatable bonds is 5.